The molecule has 0 spiro atoms. The van der Waals surface area contributed by atoms with E-state index < -0.39 is 0 Å². The monoisotopic (exact) mass is 354 g/mol. The Morgan fingerprint density at radius 2 is 2.04 bits per heavy atom. The van der Waals surface area contributed by atoms with Gasteiger partial charge in [0.2, 0.25) is 0 Å². The van der Waals surface area contributed by atoms with Crippen LogP contribution >= 0.6 is 23.7 Å². The highest BCUT2D eigenvalue weighted by atomic mass is 35.5. The third kappa shape index (κ3) is 3.91. The van der Waals surface area contributed by atoms with Gasteiger partial charge in [0.25, 0.3) is 5.91 Å². The lowest BCUT2D eigenvalue weighted by molar-refractivity contribution is 0.0714. The van der Waals surface area contributed by atoms with Gasteiger partial charge in [-0.25, -0.2) is 4.39 Å². The maximum Gasteiger partial charge on any atom is 0.264 e. The van der Waals surface area contributed by atoms with Crippen molar-refractivity contribution < 1.29 is 9.18 Å². The highest BCUT2D eigenvalue weighted by molar-refractivity contribution is 7.17. The summed E-state index contributed by atoms with van der Waals surface area (Å²) in [7, 11) is 0. The van der Waals surface area contributed by atoms with E-state index in [4.69, 9.17) is 0 Å². The first-order chi connectivity index (χ1) is 10.5. The van der Waals surface area contributed by atoms with E-state index in [1.54, 1.807) is 12.1 Å². The van der Waals surface area contributed by atoms with E-state index in [0.717, 1.165) is 40.5 Å². The van der Waals surface area contributed by atoms with Crippen molar-refractivity contribution in [2.75, 3.05) is 19.6 Å². The Balaban J connectivity index is 0.00000192. The van der Waals surface area contributed by atoms with Crippen LogP contribution in [-0.2, 0) is 0 Å². The van der Waals surface area contributed by atoms with Crippen molar-refractivity contribution in [3.8, 4) is 10.4 Å². The molecule has 1 aliphatic heterocycles. The molecule has 2 heterocycles. The van der Waals surface area contributed by atoms with E-state index in [9.17, 15) is 9.18 Å². The van der Waals surface area contributed by atoms with Crippen molar-refractivity contribution >= 4 is 29.7 Å². The molecule has 1 aromatic heterocycles. The average molecular weight is 355 g/mol. The molecule has 2 aromatic rings. The zero-order valence-electron chi connectivity index (χ0n) is 13.1. The van der Waals surface area contributed by atoms with Crippen LogP contribution in [0.1, 0.15) is 22.2 Å². The molecule has 1 aromatic carbocycles. The number of nitrogens with zero attached hydrogens (tertiary/aromatic N) is 1. The molecule has 3 nitrogen and oxygen atoms in total. The Labute approximate surface area is 145 Å². The zero-order valence-corrected chi connectivity index (χ0v) is 14.8. The van der Waals surface area contributed by atoms with E-state index in [0.29, 0.717) is 6.04 Å². The molecule has 1 saturated heterocycles. The van der Waals surface area contributed by atoms with Crippen LogP contribution < -0.4 is 5.32 Å². The maximum absolute atomic E-state index is 13.1. The van der Waals surface area contributed by atoms with Gasteiger partial charge in [-0.05, 0) is 43.2 Å². The van der Waals surface area contributed by atoms with Crippen LogP contribution in [0.4, 0.5) is 4.39 Å². The third-order valence-corrected chi connectivity index (χ3v) is 5.17. The van der Waals surface area contributed by atoms with Gasteiger partial charge in [0.15, 0.2) is 0 Å². The minimum atomic E-state index is -0.246. The first kappa shape index (κ1) is 17.9. The van der Waals surface area contributed by atoms with Gasteiger partial charge < -0.3 is 10.2 Å². The molecule has 6 heteroatoms. The van der Waals surface area contributed by atoms with Gasteiger partial charge in [0, 0.05) is 30.6 Å². The molecule has 1 unspecified atom stereocenters. The number of piperazine rings is 1. The quantitative estimate of drug-likeness (QED) is 0.891. The Morgan fingerprint density at radius 1 is 1.35 bits per heavy atom. The molecule has 3 rings (SSSR count). The molecule has 23 heavy (non-hydrogen) atoms. The first-order valence-corrected chi connectivity index (χ1v) is 8.25. The van der Waals surface area contributed by atoms with E-state index in [2.05, 4.69) is 12.2 Å². The number of aryl methyl sites for hydroxylation is 1. The number of thiophene rings is 1. The van der Waals surface area contributed by atoms with Gasteiger partial charge in [-0.3, -0.25) is 4.79 Å². The largest absolute Gasteiger partial charge is 0.335 e. The van der Waals surface area contributed by atoms with Crippen molar-refractivity contribution in [3.63, 3.8) is 0 Å². The molecular weight excluding hydrogens is 335 g/mol. The molecule has 1 N–H and O–H groups in total. The summed E-state index contributed by atoms with van der Waals surface area (Å²) in [6, 6.07) is 8.70. The van der Waals surface area contributed by atoms with Crippen LogP contribution in [0.3, 0.4) is 0 Å². The summed E-state index contributed by atoms with van der Waals surface area (Å²) in [5.74, 6) is -0.154. The summed E-state index contributed by atoms with van der Waals surface area (Å²) in [6.45, 7) is 6.39. The number of nitrogens with one attached hydrogen (secondary N) is 1. The average Bonchev–Trinajstić information content (AvgIpc) is 2.89. The second-order valence-electron chi connectivity index (χ2n) is 5.74. The van der Waals surface area contributed by atoms with Crippen LogP contribution in [-0.4, -0.2) is 36.5 Å². The number of benzene rings is 1. The second-order valence-corrected chi connectivity index (χ2v) is 6.79. The van der Waals surface area contributed by atoms with E-state index in [-0.39, 0.29) is 24.1 Å². The number of amides is 1. The molecule has 0 bridgehead atoms. The number of rotatable bonds is 2. The number of carbonyl (C=O) groups is 1. The highest BCUT2D eigenvalue weighted by Crippen LogP contribution is 2.33. The minimum absolute atomic E-state index is 0. The van der Waals surface area contributed by atoms with Gasteiger partial charge in [0.1, 0.15) is 5.82 Å². The molecular formula is C17H20ClFN2OS. The van der Waals surface area contributed by atoms with E-state index in [1.165, 1.54) is 23.5 Å². The predicted molar refractivity (Wildman–Crippen MR) is 95.1 cm³/mol. The Bertz CT molecular complexity index is 686. The van der Waals surface area contributed by atoms with Gasteiger partial charge in [0.05, 0.1) is 4.88 Å². The summed E-state index contributed by atoms with van der Waals surface area (Å²) in [6.07, 6.45) is 0. The molecule has 124 valence electrons. The molecule has 1 fully saturated rings. The fraction of sp³-hybridized carbons (Fsp3) is 0.353. The van der Waals surface area contributed by atoms with E-state index in [1.807, 2.05) is 17.9 Å². The van der Waals surface area contributed by atoms with Crippen LogP contribution in [0.5, 0.6) is 0 Å². The Hall–Kier alpha value is -1.43. The van der Waals surface area contributed by atoms with Crippen molar-refractivity contribution in [1.82, 2.24) is 10.2 Å². The smallest absolute Gasteiger partial charge is 0.264 e. The molecule has 1 atom stereocenters. The molecule has 0 aliphatic carbocycles. The summed E-state index contributed by atoms with van der Waals surface area (Å²) in [4.78, 5) is 16.3. The Morgan fingerprint density at radius 3 is 2.70 bits per heavy atom. The predicted octanol–water partition coefficient (Wildman–Crippen LogP) is 3.72. The lowest BCUT2D eigenvalue weighted by Crippen LogP contribution is -2.51. The van der Waals surface area contributed by atoms with Crippen molar-refractivity contribution in [2.24, 2.45) is 0 Å². The van der Waals surface area contributed by atoms with Gasteiger partial charge in [-0.2, -0.15) is 0 Å². The number of hydrogen-bond donors (Lipinski definition) is 1. The standard InChI is InChI=1S/C17H19FN2OS.ClH/c1-11-9-15(17(21)20-8-7-19-12(2)10-20)22-16(11)13-3-5-14(18)6-4-13;/h3-6,9,12,19H,7-8,10H2,1-2H3;1H. The SMILES string of the molecule is Cc1cc(C(=O)N2CCNC(C)C2)sc1-c1ccc(F)cc1.Cl. The summed E-state index contributed by atoms with van der Waals surface area (Å²) < 4.78 is 13.1. The van der Waals surface area contributed by atoms with Crippen molar-refractivity contribution in [3.05, 3.63) is 46.6 Å². The van der Waals surface area contributed by atoms with Crippen LogP contribution in [0.25, 0.3) is 10.4 Å². The Kier molecular flexibility index (Phi) is 5.79. The minimum Gasteiger partial charge on any atom is -0.335 e. The van der Waals surface area contributed by atoms with Crippen LogP contribution in [0.2, 0.25) is 0 Å². The lowest BCUT2D eigenvalue weighted by Gasteiger charge is -2.31. The second kappa shape index (κ2) is 7.43. The molecule has 0 radical (unpaired) electrons. The number of carbonyl (C=O) groups excluding carboxylic acids is 1. The summed E-state index contributed by atoms with van der Waals surface area (Å²) in [5, 5.41) is 3.34. The summed E-state index contributed by atoms with van der Waals surface area (Å²) in [5.41, 5.74) is 2.01. The fourth-order valence-electron chi connectivity index (χ4n) is 2.75. The third-order valence-electron chi connectivity index (χ3n) is 3.89. The van der Waals surface area contributed by atoms with Crippen LogP contribution in [0.15, 0.2) is 30.3 Å². The molecule has 1 aliphatic rings. The van der Waals surface area contributed by atoms with Gasteiger partial charge >= 0.3 is 0 Å². The number of hydrogen-bond acceptors (Lipinski definition) is 3. The van der Waals surface area contributed by atoms with Gasteiger partial charge in [-0.1, -0.05) is 12.1 Å². The molecule has 0 saturated carbocycles. The maximum atomic E-state index is 13.1. The normalized spacial score (nSPS) is 17.7. The van der Waals surface area contributed by atoms with Gasteiger partial charge in [-0.15, -0.1) is 23.7 Å². The van der Waals surface area contributed by atoms with Crippen molar-refractivity contribution in [1.29, 1.82) is 0 Å². The molecule has 1 amide bonds. The summed E-state index contributed by atoms with van der Waals surface area (Å²) >= 11 is 1.49. The number of halogens is 2. The highest BCUT2D eigenvalue weighted by Gasteiger charge is 2.23. The van der Waals surface area contributed by atoms with Crippen LogP contribution in [0, 0.1) is 12.7 Å². The zero-order chi connectivity index (χ0) is 15.7. The first-order valence-electron chi connectivity index (χ1n) is 7.43. The topological polar surface area (TPSA) is 32.3 Å². The van der Waals surface area contributed by atoms with E-state index >= 15 is 0 Å². The van der Waals surface area contributed by atoms with Crippen molar-refractivity contribution in [2.45, 2.75) is 19.9 Å². The lowest BCUT2D eigenvalue weighted by atomic mass is 10.1. The fourth-order valence-corrected chi connectivity index (χ4v) is 3.89.